The Morgan fingerprint density at radius 3 is 2.56 bits per heavy atom. The number of nitrogens with one attached hydrogen (secondary N) is 1. The molecule has 0 aliphatic heterocycles. The number of hydrogen-bond donors (Lipinski definition) is 3. The first-order valence-corrected chi connectivity index (χ1v) is 2.82. The highest BCUT2D eigenvalue weighted by atomic mass is 32.1. The minimum absolute atomic E-state index is 0.0740. The van der Waals surface area contributed by atoms with Gasteiger partial charge >= 0.3 is 12.4 Å². The Hall–Kier alpha value is -0.710. The number of rotatable bonds is 4. The monoisotopic (exact) mass is 148 g/mol. The first-order chi connectivity index (χ1) is 4.22. The van der Waals surface area contributed by atoms with Crippen molar-refractivity contribution < 1.29 is 14.7 Å². The fraction of sp³-hybridized carbons (Fsp3) is 0.500. The van der Waals surface area contributed by atoms with Crippen LogP contribution in [-0.2, 0) is 9.59 Å². The van der Waals surface area contributed by atoms with Gasteiger partial charge in [0.1, 0.15) is 6.04 Å². The van der Waals surface area contributed by atoms with Crippen LogP contribution in [0.2, 0.25) is 0 Å². The maximum atomic E-state index is 10.0. The van der Waals surface area contributed by atoms with Gasteiger partial charge in [-0.3, -0.25) is 4.79 Å². The van der Waals surface area contributed by atoms with Gasteiger partial charge in [-0.15, -0.1) is 0 Å². The van der Waals surface area contributed by atoms with Gasteiger partial charge in [-0.05, 0) is 0 Å². The van der Waals surface area contributed by atoms with Crippen molar-refractivity contribution in [3.05, 3.63) is 0 Å². The van der Waals surface area contributed by atoms with E-state index in [0.717, 1.165) is 0 Å². The Bertz CT molecular complexity index is 116. The molecule has 1 amide bonds. The maximum Gasteiger partial charge on any atom is 0.327 e. The second-order valence-electron chi connectivity index (χ2n) is 1.32. The van der Waals surface area contributed by atoms with E-state index in [4.69, 9.17) is 5.11 Å². The summed E-state index contributed by atoms with van der Waals surface area (Å²) in [5, 5.41) is 10.2. The van der Waals surface area contributed by atoms with E-state index in [1.807, 2.05) is 5.32 Å². The third-order valence-corrected chi connectivity index (χ3v) is 1.08. The van der Waals surface area contributed by atoms with Crippen molar-refractivity contribution >= 4 is 25.0 Å². The molecule has 0 rings (SSSR count). The minimum atomic E-state index is -1.10. The van der Waals surface area contributed by atoms with E-state index < -0.39 is 12.0 Å². The molecule has 2 N–H and O–H groups in total. The number of carbonyl (C=O) groups excluding carboxylic acids is 1. The Kier molecular flexibility index (Phi) is 3.87. The van der Waals surface area contributed by atoms with E-state index in [-0.39, 0.29) is 5.75 Å². The van der Waals surface area contributed by atoms with E-state index >= 15 is 0 Å². The van der Waals surface area contributed by atoms with Crippen LogP contribution in [0.15, 0.2) is 0 Å². The Morgan fingerprint density at radius 1 is 1.89 bits per heavy atom. The summed E-state index contributed by atoms with van der Waals surface area (Å²) >= 11 is 3.67. The summed E-state index contributed by atoms with van der Waals surface area (Å²) in [7, 11) is 0. The highest BCUT2D eigenvalue weighted by Crippen LogP contribution is 1.84. The first-order valence-electron chi connectivity index (χ1n) is 2.18. The van der Waals surface area contributed by atoms with Crippen LogP contribution in [0.25, 0.3) is 0 Å². The highest BCUT2D eigenvalue weighted by molar-refractivity contribution is 7.80. The molecule has 0 unspecified atom stereocenters. The summed E-state index contributed by atoms with van der Waals surface area (Å²) in [5.41, 5.74) is 0. The van der Waals surface area contributed by atoms with E-state index in [0.29, 0.717) is 0 Å². The van der Waals surface area contributed by atoms with Gasteiger partial charge in [0.05, 0.1) is 0 Å². The SMILES string of the molecule is O=[C]N[C@@H](CS)C(=O)O. The summed E-state index contributed by atoms with van der Waals surface area (Å²) in [6.07, 6.45) is 1.27. The topological polar surface area (TPSA) is 66.4 Å². The first kappa shape index (κ1) is 8.29. The van der Waals surface area contributed by atoms with E-state index in [1.165, 1.54) is 6.41 Å². The van der Waals surface area contributed by atoms with Crippen molar-refractivity contribution in [3.8, 4) is 0 Å². The van der Waals surface area contributed by atoms with E-state index in [1.54, 1.807) is 0 Å². The molecule has 0 aliphatic rings. The van der Waals surface area contributed by atoms with Gasteiger partial charge in [-0.1, -0.05) is 0 Å². The van der Waals surface area contributed by atoms with E-state index in [9.17, 15) is 9.59 Å². The predicted octanol–water partition coefficient (Wildman–Crippen LogP) is -0.974. The fourth-order valence-electron chi connectivity index (χ4n) is 0.257. The van der Waals surface area contributed by atoms with Crippen LogP contribution in [0.5, 0.6) is 0 Å². The second-order valence-corrected chi connectivity index (χ2v) is 1.68. The lowest BCUT2D eigenvalue weighted by molar-refractivity contribution is -0.138. The Balaban J connectivity index is 3.67. The predicted molar refractivity (Wildman–Crippen MR) is 34.1 cm³/mol. The van der Waals surface area contributed by atoms with Gasteiger partial charge in [0, 0.05) is 5.75 Å². The molecule has 5 heteroatoms. The molecule has 0 saturated carbocycles. The van der Waals surface area contributed by atoms with E-state index in [2.05, 4.69) is 12.6 Å². The van der Waals surface area contributed by atoms with Crippen molar-refractivity contribution in [2.45, 2.75) is 6.04 Å². The molecule has 9 heavy (non-hydrogen) atoms. The molecule has 0 saturated heterocycles. The molecule has 1 radical (unpaired) electrons. The van der Waals surface area contributed by atoms with Gasteiger partial charge in [-0.2, -0.15) is 12.6 Å². The van der Waals surface area contributed by atoms with Crippen molar-refractivity contribution in [2.24, 2.45) is 0 Å². The van der Waals surface area contributed by atoms with Gasteiger partial charge in [0.15, 0.2) is 0 Å². The van der Waals surface area contributed by atoms with Crippen molar-refractivity contribution in [3.63, 3.8) is 0 Å². The smallest absolute Gasteiger partial charge is 0.327 e. The van der Waals surface area contributed by atoms with Crippen LogP contribution in [-0.4, -0.2) is 29.3 Å². The summed E-state index contributed by atoms with van der Waals surface area (Å²) in [6.45, 7) is 0. The molecule has 1 atom stereocenters. The molecule has 0 aromatic heterocycles. The molecular weight excluding hydrogens is 142 g/mol. The van der Waals surface area contributed by atoms with Gasteiger partial charge < -0.3 is 10.4 Å². The van der Waals surface area contributed by atoms with Gasteiger partial charge in [0.2, 0.25) is 0 Å². The Labute approximate surface area is 57.7 Å². The summed E-state index contributed by atoms with van der Waals surface area (Å²) in [5.74, 6) is -1.03. The lowest BCUT2D eigenvalue weighted by atomic mass is 10.3. The van der Waals surface area contributed by atoms with Gasteiger partial charge in [-0.25, -0.2) is 4.79 Å². The van der Waals surface area contributed by atoms with Crippen LogP contribution < -0.4 is 5.32 Å². The normalized spacial score (nSPS) is 12.1. The van der Waals surface area contributed by atoms with Crippen molar-refractivity contribution in [1.29, 1.82) is 0 Å². The average Bonchev–Trinajstić information content (AvgIpc) is 1.82. The summed E-state index contributed by atoms with van der Waals surface area (Å²) in [6, 6.07) is -0.925. The number of aliphatic carboxylic acids is 1. The van der Waals surface area contributed by atoms with Crippen LogP contribution in [0.1, 0.15) is 0 Å². The van der Waals surface area contributed by atoms with Crippen molar-refractivity contribution in [1.82, 2.24) is 5.32 Å². The molecule has 0 heterocycles. The maximum absolute atomic E-state index is 10.0. The largest absolute Gasteiger partial charge is 0.480 e. The lowest BCUT2D eigenvalue weighted by Crippen LogP contribution is -2.37. The number of thiol groups is 1. The molecule has 4 nitrogen and oxygen atoms in total. The quantitative estimate of drug-likeness (QED) is 0.355. The van der Waals surface area contributed by atoms with Gasteiger partial charge in [0.25, 0.3) is 0 Å². The number of carbonyl (C=O) groups is 1. The van der Waals surface area contributed by atoms with Crippen LogP contribution in [0.3, 0.4) is 0 Å². The molecule has 0 bridgehead atoms. The lowest BCUT2D eigenvalue weighted by Gasteiger charge is -2.04. The highest BCUT2D eigenvalue weighted by Gasteiger charge is 2.12. The van der Waals surface area contributed by atoms with Crippen LogP contribution in [0, 0.1) is 0 Å². The number of carboxylic acids is 1. The van der Waals surface area contributed by atoms with Crippen LogP contribution in [0.4, 0.5) is 0 Å². The third-order valence-electron chi connectivity index (χ3n) is 0.714. The average molecular weight is 148 g/mol. The Morgan fingerprint density at radius 2 is 2.44 bits per heavy atom. The fourth-order valence-corrected chi connectivity index (χ4v) is 0.504. The second kappa shape index (κ2) is 4.20. The minimum Gasteiger partial charge on any atom is -0.480 e. The number of amides is 1. The molecule has 0 aromatic carbocycles. The standard InChI is InChI=1S/C4H6NO3S/c6-2-5-3(1-9)4(7)8/h3,9H,1H2,(H,5,6)(H,7,8)/t3-/m0/s1. The van der Waals surface area contributed by atoms with Crippen LogP contribution >= 0.6 is 12.6 Å². The third kappa shape index (κ3) is 2.97. The number of carboxylic acid groups (broad SMARTS) is 1. The molecule has 51 valence electrons. The molecule has 0 aliphatic carbocycles. The summed E-state index contributed by atoms with van der Waals surface area (Å²) < 4.78 is 0. The zero-order valence-corrected chi connectivity index (χ0v) is 5.39. The molecular formula is C4H6NO3S. The molecule has 0 fully saturated rings. The summed E-state index contributed by atoms with van der Waals surface area (Å²) in [4.78, 5) is 19.6. The zero-order chi connectivity index (χ0) is 7.28. The molecule has 0 aromatic rings. The number of hydrogen-bond acceptors (Lipinski definition) is 3. The molecule has 0 spiro atoms. The van der Waals surface area contributed by atoms with Crippen molar-refractivity contribution in [2.75, 3.05) is 5.75 Å². The zero-order valence-electron chi connectivity index (χ0n) is 4.50.